The second-order valence-corrected chi connectivity index (χ2v) is 5.69. The molecule has 20 heavy (non-hydrogen) atoms. The van der Waals surface area contributed by atoms with Crippen molar-refractivity contribution in [3.8, 4) is 0 Å². The van der Waals surface area contributed by atoms with Crippen LogP contribution in [0.2, 0.25) is 0 Å². The lowest BCUT2D eigenvalue weighted by Crippen LogP contribution is -2.46. The Morgan fingerprint density at radius 1 is 1.10 bits per heavy atom. The van der Waals surface area contributed by atoms with Gasteiger partial charge in [0.15, 0.2) is 0 Å². The van der Waals surface area contributed by atoms with Crippen LogP contribution in [-0.4, -0.2) is 60.8 Å². The molecule has 4 nitrogen and oxygen atoms in total. The second-order valence-electron chi connectivity index (χ2n) is 5.69. The number of alkyl halides is 3. The highest BCUT2D eigenvalue weighted by atomic mass is 19.4. The lowest BCUT2D eigenvalue weighted by atomic mass is 10.2. The third kappa shape index (κ3) is 4.85. The quantitative estimate of drug-likeness (QED) is 0.847. The zero-order valence-electron chi connectivity index (χ0n) is 11.6. The minimum Gasteiger partial charge on any atom is -0.334 e. The monoisotopic (exact) mass is 293 g/mol. The Balaban J connectivity index is 1.75. The van der Waals surface area contributed by atoms with Gasteiger partial charge in [-0.2, -0.15) is 13.2 Å². The Kier molecular flexibility index (Phi) is 5.12. The molecule has 1 N–H and O–H groups in total. The fourth-order valence-corrected chi connectivity index (χ4v) is 2.89. The number of hydrogen-bond donors (Lipinski definition) is 1. The summed E-state index contributed by atoms with van der Waals surface area (Å²) >= 11 is 0. The average molecular weight is 293 g/mol. The van der Waals surface area contributed by atoms with E-state index < -0.39 is 12.7 Å². The minimum absolute atomic E-state index is 0.120. The van der Waals surface area contributed by atoms with E-state index in [1.807, 2.05) is 0 Å². The van der Waals surface area contributed by atoms with Crippen molar-refractivity contribution in [1.82, 2.24) is 15.1 Å². The molecule has 2 rings (SSSR count). The maximum atomic E-state index is 12.3. The molecule has 7 heteroatoms. The molecule has 0 spiro atoms. The SMILES string of the molecule is O=C(NC1CCN(CC(F)(F)F)C1)N1CCCCCC1. The van der Waals surface area contributed by atoms with Crippen LogP contribution in [0.5, 0.6) is 0 Å². The molecule has 2 saturated heterocycles. The van der Waals surface area contributed by atoms with E-state index in [9.17, 15) is 18.0 Å². The van der Waals surface area contributed by atoms with E-state index in [0.29, 0.717) is 19.5 Å². The Hall–Kier alpha value is -0.980. The molecule has 0 aromatic carbocycles. The number of carbonyl (C=O) groups excluding carboxylic acids is 1. The summed E-state index contributed by atoms with van der Waals surface area (Å²) < 4.78 is 36.9. The molecule has 2 heterocycles. The molecule has 0 aromatic heterocycles. The number of urea groups is 1. The first-order chi connectivity index (χ1) is 9.44. The first-order valence-electron chi connectivity index (χ1n) is 7.28. The topological polar surface area (TPSA) is 35.6 Å². The summed E-state index contributed by atoms with van der Waals surface area (Å²) in [6, 6.07) is -0.279. The Morgan fingerprint density at radius 2 is 1.75 bits per heavy atom. The van der Waals surface area contributed by atoms with Gasteiger partial charge in [0.2, 0.25) is 0 Å². The van der Waals surface area contributed by atoms with Gasteiger partial charge in [-0.25, -0.2) is 4.79 Å². The lowest BCUT2D eigenvalue weighted by molar-refractivity contribution is -0.143. The minimum atomic E-state index is -4.16. The standard InChI is InChI=1S/C13H22F3N3O/c14-13(15,16)10-18-8-5-11(9-18)17-12(20)19-6-3-1-2-4-7-19/h11H,1-10H2,(H,17,20). The van der Waals surface area contributed by atoms with Crippen molar-refractivity contribution in [3.63, 3.8) is 0 Å². The Morgan fingerprint density at radius 3 is 2.35 bits per heavy atom. The summed E-state index contributed by atoms with van der Waals surface area (Å²) in [5, 5.41) is 2.87. The van der Waals surface area contributed by atoms with Crippen LogP contribution in [0.15, 0.2) is 0 Å². The van der Waals surface area contributed by atoms with Crippen molar-refractivity contribution in [3.05, 3.63) is 0 Å². The van der Waals surface area contributed by atoms with Crippen LogP contribution in [0.25, 0.3) is 0 Å². The molecule has 1 atom stereocenters. The van der Waals surface area contributed by atoms with Gasteiger partial charge in [-0.3, -0.25) is 4.90 Å². The molecule has 0 aromatic rings. The number of amides is 2. The van der Waals surface area contributed by atoms with Gasteiger partial charge < -0.3 is 10.2 Å². The summed E-state index contributed by atoms with van der Waals surface area (Å²) in [4.78, 5) is 15.2. The van der Waals surface area contributed by atoms with E-state index >= 15 is 0 Å². The van der Waals surface area contributed by atoms with Crippen molar-refractivity contribution >= 4 is 6.03 Å². The van der Waals surface area contributed by atoms with Crippen LogP contribution < -0.4 is 5.32 Å². The maximum absolute atomic E-state index is 12.3. The molecule has 2 aliphatic heterocycles. The second kappa shape index (κ2) is 6.65. The number of likely N-dealkylation sites (tertiary alicyclic amines) is 2. The summed E-state index contributed by atoms with van der Waals surface area (Å²) in [7, 11) is 0. The Labute approximate surface area is 117 Å². The summed E-state index contributed by atoms with van der Waals surface area (Å²) in [5.41, 5.74) is 0. The van der Waals surface area contributed by atoms with Crippen LogP contribution in [0, 0.1) is 0 Å². The van der Waals surface area contributed by atoms with Crippen LogP contribution in [0.1, 0.15) is 32.1 Å². The summed E-state index contributed by atoms with van der Waals surface area (Å²) in [6.07, 6.45) is 0.745. The molecule has 2 aliphatic rings. The van der Waals surface area contributed by atoms with Gasteiger partial charge in [0.1, 0.15) is 0 Å². The van der Waals surface area contributed by atoms with E-state index in [1.165, 1.54) is 4.90 Å². The molecule has 1 unspecified atom stereocenters. The van der Waals surface area contributed by atoms with Crippen molar-refractivity contribution in [2.45, 2.75) is 44.3 Å². The fourth-order valence-electron chi connectivity index (χ4n) is 2.89. The zero-order valence-corrected chi connectivity index (χ0v) is 11.6. The van der Waals surface area contributed by atoms with Crippen LogP contribution in [-0.2, 0) is 0 Å². The highest BCUT2D eigenvalue weighted by molar-refractivity contribution is 5.74. The highest BCUT2D eigenvalue weighted by Gasteiger charge is 2.35. The molecule has 0 saturated carbocycles. The molecule has 2 fully saturated rings. The molecule has 0 bridgehead atoms. The van der Waals surface area contributed by atoms with E-state index in [1.54, 1.807) is 4.90 Å². The number of nitrogens with zero attached hydrogens (tertiary/aromatic N) is 2. The van der Waals surface area contributed by atoms with Gasteiger partial charge in [0, 0.05) is 32.2 Å². The molecule has 2 amide bonds. The van der Waals surface area contributed by atoms with Gasteiger partial charge >= 0.3 is 12.2 Å². The van der Waals surface area contributed by atoms with Gasteiger partial charge in [0.25, 0.3) is 0 Å². The van der Waals surface area contributed by atoms with Crippen molar-refractivity contribution < 1.29 is 18.0 Å². The van der Waals surface area contributed by atoms with Gasteiger partial charge in [-0.1, -0.05) is 12.8 Å². The van der Waals surface area contributed by atoms with Gasteiger partial charge in [0.05, 0.1) is 6.54 Å². The highest BCUT2D eigenvalue weighted by Crippen LogP contribution is 2.20. The molecular formula is C13H22F3N3O. The van der Waals surface area contributed by atoms with E-state index in [-0.39, 0.29) is 12.1 Å². The smallest absolute Gasteiger partial charge is 0.334 e. The fraction of sp³-hybridized carbons (Fsp3) is 0.923. The maximum Gasteiger partial charge on any atom is 0.401 e. The summed E-state index contributed by atoms with van der Waals surface area (Å²) in [6.45, 7) is 1.31. The number of nitrogens with one attached hydrogen (secondary N) is 1. The Bertz CT molecular complexity index is 327. The number of hydrogen-bond acceptors (Lipinski definition) is 2. The van der Waals surface area contributed by atoms with E-state index in [4.69, 9.17) is 0 Å². The zero-order chi connectivity index (χ0) is 14.6. The van der Waals surface area contributed by atoms with E-state index in [2.05, 4.69) is 5.32 Å². The van der Waals surface area contributed by atoms with Crippen LogP contribution >= 0.6 is 0 Å². The number of carbonyl (C=O) groups is 1. The first kappa shape index (κ1) is 15.4. The summed E-state index contributed by atoms with van der Waals surface area (Å²) in [5.74, 6) is 0. The molecule has 0 radical (unpaired) electrons. The largest absolute Gasteiger partial charge is 0.401 e. The third-order valence-corrected chi connectivity index (χ3v) is 3.90. The lowest BCUT2D eigenvalue weighted by Gasteiger charge is -2.24. The predicted molar refractivity (Wildman–Crippen MR) is 69.5 cm³/mol. The average Bonchev–Trinajstić information content (AvgIpc) is 2.63. The normalized spacial score (nSPS) is 25.6. The van der Waals surface area contributed by atoms with Crippen LogP contribution in [0.4, 0.5) is 18.0 Å². The van der Waals surface area contributed by atoms with Gasteiger partial charge in [-0.05, 0) is 19.3 Å². The number of halogens is 3. The molecular weight excluding hydrogens is 271 g/mol. The first-order valence-corrected chi connectivity index (χ1v) is 7.28. The molecule has 0 aliphatic carbocycles. The third-order valence-electron chi connectivity index (χ3n) is 3.90. The number of rotatable bonds is 2. The van der Waals surface area contributed by atoms with E-state index in [0.717, 1.165) is 38.8 Å². The van der Waals surface area contributed by atoms with Crippen molar-refractivity contribution in [2.75, 3.05) is 32.7 Å². The van der Waals surface area contributed by atoms with Crippen molar-refractivity contribution in [2.24, 2.45) is 0 Å². The van der Waals surface area contributed by atoms with Gasteiger partial charge in [-0.15, -0.1) is 0 Å². The predicted octanol–water partition coefficient (Wildman–Crippen LogP) is 2.21. The van der Waals surface area contributed by atoms with Crippen LogP contribution in [0.3, 0.4) is 0 Å². The van der Waals surface area contributed by atoms with Crippen molar-refractivity contribution in [1.29, 1.82) is 0 Å². The molecule has 116 valence electrons.